The molecule has 3 aromatic rings. The van der Waals surface area contributed by atoms with Crippen LogP contribution < -0.4 is 10.1 Å². The van der Waals surface area contributed by atoms with Crippen molar-refractivity contribution in [3.63, 3.8) is 0 Å². The summed E-state index contributed by atoms with van der Waals surface area (Å²) in [5.74, 6) is 1.43. The van der Waals surface area contributed by atoms with E-state index in [1.54, 1.807) is 12.1 Å². The number of hydrogen-bond donors (Lipinski definition) is 2. The Kier molecular flexibility index (Phi) is 4.77. The molecule has 1 amide bonds. The third-order valence-corrected chi connectivity index (χ3v) is 4.42. The smallest absolute Gasteiger partial charge is 0.262 e. The lowest BCUT2D eigenvalue weighted by Crippen LogP contribution is -2.20. The third kappa shape index (κ3) is 4.25. The standard InChI is InChI=1S/C19H16ClFN4O2/c20-15-9-14(6-7-16(15)21)27-10-17(26)22-13-3-1-2-12(8-13)19-23-18(24-25-19)11-4-5-11/h1-3,6-9,11H,4-5,10H2,(H,22,26)(H,23,24,25). The normalized spacial score (nSPS) is 13.4. The van der Waals surface area contributed by atoms with Crippen LogP contribution >= 0.6 is 11.6 Å². The third-order valence-electron chi connectivity index (χ3n) is 4.13. The number of nitrogens with one attached hydrogen (secondary N) is 2. The average molecular weight is 387 g/mol. The van der Waals surface area contributed by atoms with E-state index >= 15 is 0 Å². The zero-order valence-corrected chi connectivity index (χ0v) is 15.0. The molecule has 2 aromatic carbocycles. The number of H-pyrrole nitrogens is 1. The predicted molar refractivity (Wildman–Crippen MR) is 99.3 cm³/mol. The Morgan fingerprint density at radius 1 is 1.30 bits per heavy atom. The number of benzene rings is 2. The summed E-state index contributed by atoms with van der Waals surface area (Å²) in [5.41, 5.74) is 1.41. The van der Waals surface area contributed by atoms with Crippen LogP contribution in [-0.4, -0.2) is 27.7 Å². The number of rotatable bonds is 6. The fourth-order valence-electron chi connectivity index (χ4n) is 2.59. The van der Waals surface area contributed by atoms with Crippen molar-refractivity contribution >= 4 is 23.2 Å². The van der Waals surface area contributed by atoms with E-state index in [2.05, 4.69) is 20.5 Å². The Morgan fingerprint density at radius 3 is 2.93 bits per heavy atom. The van der Waals surface area contributed by atoms with Gasteiger partial charge in [-0.15, -0.1) is 0 Å². The summed E-state index contributed by atoms with van der Waals surface area (Å²) in [5, 5.41) is 9.91. The van der Waals surface area contributed by atoms with Gasteiger partial charge in [0.2, 0.25) is 0 Å². The molecule has 6 nitrogen and oxygen atoms in total. The largest absolute Gasteiger partial charge is 0.484 e. The number of carbonyl (C=O) groups excluding carboxylic acids is 1. The molecule has 1 heterocycles. The molecule has 4 rings (SSSR count). The van der Waals surface area contributed by atoms with Gasteiger partial charge in [-0.3, -0.25) is 9.89 Å². The maximum absolute atomic E-state index is 13.1. The number of anilines is 1. The van der Waals surface area contributed by atoms with Gasteiger partial charge in [0, 0.05) is 23.2 Å². The lowest BCUT2D eigenvalue weighted by molar-refractivity contribution is -0.118. The predicted octanol–water partition coefficient (Wildman–Crippen LogP) is 4.16. The van der Waals surface area contributed by atoms with Crippen LogP contribution in [0.3, 0.4) is 0 Å². The van der Waals surface area contributed by atoms with Gasteiger partial charge in [-0.25, -0.2) is 9.37 Å². The van der Waals surface area contributed by atoms with Crippen LogP contribution in [0.5, 0.6) is 5.75 Å². The maximum atomic E-state index is 13.1. The van der Waals surface area contributed by atoms with Crippen LogP contribution in [0.1, 0.15) is 24.6 Å². The highest BCUT2D eigenvalue weighted by molar-refractivity contribution is 6.30. The number of halogens is 2. The van der Waals surface area contributed by atoms with Crippen molar-refractivity contribution in [2.24, 2.45) is 0 Å². The van der Waals surface area contributed by atoms with Gasteiger partial charge in [0.15, 0.2) is 12.4 Å². The van der Waals surface area contributed by atoms with Gasteiger partial charge in [0.1, 0.15) is 17.4 Å². The topological polar surface area (TPSA) is 79.9 Å². The zero-order chi connectivity index (χ0) is 18.8. The monoisotopic (exact) mass is 386 g/mol. The van der Waals surface area contributed by atoms with Crippen LogP contribution in [0.4, 0.5) is 10.1 Å². The summed E-state index contributed by atoms with van der Waals surface area (Å²) in [4.78, 5) is 16.6. The summed E-state index contributed by atoms with van der Waals surface area (Å²) in [6.45, 7) is -0.224. The highest BCUT2D eigenvalue weighted by atomic mass is 35.5. The Morgan fingerprint density at radius 2 is 2.15 bits per heavy atom. The van der Waals surface area contributed by atoms with Crippen LogP contribution in [-0.2, 0) is 4.79 Å². The molecule has 8 heteroatoms. The molecule has 2 N–H and O–H groups in total. The quantitative estimate of drug-likeness (QED) is 0.666. The Balaban J connectivity index is 1.38. The molecule has 27 heavy (non-hydrogen) atoms. The molecule has 0 aliphatic heterocycles. The van der Waals surface area contributed by atoms with E-state index < -0.39 is 5.82 Å². The fourth-order valence-corrected chi connectivity index (χ4v) is 2.76. The number of ether oxygens (including phenoxy) is 1. The van der Waals surface area contributed by atoms with Crippen molar-refractivity contribution in [3.8, 4) is 17.1 Å². The van der Waals surface area contributed by atoms with Crippen molar-refractivity contribution in [1.29, 1.82) is 0 Å². The van der Waals surface area contributed by atoms with Crippen molar-refractivity contribution in [2.45, 2.75) is 18.8 Å². The van der Waals surface area contributed by atoms with Gasteiger partial charge in [-0.05, 0) is 37.1 Å². The molecular weight excluding hydrogens is 371 g/mol. The Bertz CT molecular complexity index is 987. The highest BCUT2D eigenvalue weighted by Crippen LogP contribution is 2.38. The molecule has 1 saturated carbocycles. The van der Waals surface area contributed by atoms with E-state index in [0.717, 1.165) is 24.2 Å². The van der Waals surface area contributed by atoms with Gasteiger partial charge >= 0.3 is 0 Å². The minimum absolute atomic E-state index is 0.0577. The molecule has 0 bridgehead atoms. The molecule has 1 fully saturated rings. The first kappa shape index (κ1) is 17.5. The van der Waals surface area contributed by atoms with Crippen molar-refractivity contribution < 1.29 is 13.9 Å². The summed E-state index contributed by atoms with van der Waals surface area (Å²) in [6, 6.07) is 11.2. The van der Waals surface area contributed by atoms with Crippen molar-refractivity contribution in [1.82, 2.24) is 15.2 Å². The van der Waals surface area contributed by atoms with E-state index in [0.29, 0.717) is 23.2 Å². The molecule has 1 aliphatic carbocycles. The van der Waals surface area contributed by atoms with Crippen LogP contribution in [0.2, 0.25) is 5.02 Å². The molecule has 1 aromatic heterocycles. The fraction of sp³-hybridized carbons (Fsp3) is 0.211. The Labute approximate surface area is 159 Å². The van der Waals surface area contributed by atoms with Gasteiger partial charge in [-0.1, -0.05) is 23.7 Å². The van der Waals surface area contributed by atoms with E-state index in [-0.39, 0.29) is 17.5 Å². The lowest BCUT2D eigenvalue weighted by Gasteiger charge is -2.08. The molecule has 1 aliphatic rings. The number of aromatic nitrogens is 3. The van der Waals surface area contributed by atoms with Crippen molar-refractivity contribution in [3.05, 3.63) is 59.1 Å². The first-order valence-electron chi connectivity index (χ1n) is 8.49. The van der Waals surface area contributed by atoms with Gasteiger partial charge in [0.25, 0.3) is 5.91 Å². The number of aromatic amines is 1. The summed E-state index contributed by atoms with van der Waals surface area (Å²) in [6.07, 6.45) is 2.29. The van der Waals surface area contributed by atoms with Gasteiger partial charge in [-0.2, -0.15) is 5.10 Å². The number of carbonyl (C=O) groups is 1. The summed E-state index contributed by atoms with van der Waals surface area (Å²) < 4.78 is 18.5. The van der Waals surface area contributed by atoms with E-state index in [9.17, 15) is 9.18 Å². The van der Waals surface area contributed by atoms with Crippen molar-refractivity contribution in [2.75, 3.05) is 11.9 Å². The zero-order valence-electron chi connectivity index (χ0n) is 14.2. The first-order valence-corrected chi connectivity index (χ1v) is 8.87. The van der Waals surface area contributed by atoms with Gasteiger partial charge < -0.3 is 10.1 Å². The molecule has 0 saturated heterocycles. The van der Waals surface area contributed by atoms with E-state index in [1.807, 2.05) is 12.1 Å². The lowest BCUT2D eigenvalue weighted by atomic mass is 10.2. The molecular formula is C19H16ClFN4O2. The molecule has 0 atom stereocenters. The molecule has 0 spiro atoms. The highest BCUT2D eigenvalue weighted by Gasteiger charge is 2.27. The van der Waals surface area contributed by atoms with Crippen LogP contribution in [0.15, 0.2) is 42.5 Å². The Hall–Kier alpha value is -2.93. The second kappa shape index (κ2) is 7.36. The average Bonchev–Trinajstić information content (AvgIpc) is 3.40. The molecule has 138 valence electrons. The SMILES string of the molecule is O=C(COc1ccc(F)c(Cl)c1)Nc1cccc(-c2n[nH]c(C3CC3)n2)c1. The van der Waals surface area contributed by atoms with Crippen LogP contribution in [0.25, 0.3) is 11.4 Å². The van der Waals surface area contributed by atoms with Crippen LogP contribution in [0, 0.1) is 5.82 Å². The van der Waals surface area contributed by atoms with E-state index in [4.69, 9.17) is 16.3 Å². The second-order valence-corrected chi connectivity index (χ2v) is 6.72. The molecule has 0 radical (unpaired) electrons. The minimum atomic E-state index is -0.540. The number of nitrogens with zero attached hydrogens (tertiary/aromatic N) is 2. The molecule has 0 unspecified atom stereocenters. The number of amides is 1. The number of hydrogen-bond acceptors (Lipinski definition) is 4. The first-order chi connectivity index (χ1) is 13.1. The summed E-state index contributed by atoms with van der Waals surface area (Å²) in [7, 11) is 0. The second-order valence-electron chi connectivity index (χ2n) is 6.31. The van der Waals surface area contributed by atoms with E-state index in [1.165, 1.54) is 18.2 Å². The maximum Gasteiger partial charge on any atom is 0.262 e. The minimum Gasteiger partial charge on any atom is -0.484 e. The van der Waals surface area contributed by atoms with Gasteiger partial charge in [0.05, 0.1) is 5.02 Å². The summed E-state index contributed by atoms with van der Waals surface area (Å²) >= 11 is 5.69.